The quantitative estimate of drug-likeness (QED) is 0.853. The van der Waals surface area contributed by atoms with E-state index in [1.54, 1.807) is 0 Å². The maximum atomic E-state index is 12.6. The molecule has 106 valence electrons. The molecular weight excluding hydrogens is 250 g/mol. The Kier molecular flexibility index (Phi) is 4.81. The van der Waals surface area contributed by atoms with Crippen molar-refractivity contribution in [2.75, 3.05) is 19.7 Å². The van der Waals surface area contributed by atoms with Gasteiger partial charge in [0.25, 0.3) is 5.91 Å². The van der Waals surface area contributed by atoms with Gasteiger partial charge >= 0.3 is 0 Å². The van der Waals surface area contributed by atoms with Crippen molar-refractivity contribution in [1.29, 1.82) is 0 Å². The number of amides is 1. The van der Waals surface area contributed by atoms with Gasteiger partial charge in [-0.2, -0.15) is 0 Å². The summed E-state index contributed by atoms with van der Waals surface area (Å²) < 4.78 is 0. The van der Waals surface area contributed by atoms with Crippen LogP contribution in [0.25, 0.3) is 0 Å². The zero-order chi connectivity index (χ0) is 14.5. The molecule has 0 atom stereocenters. The third kappa shape index (κ3) is 3.61. The molecule has 3 heteroatoms. The van der Waals surface area contributed by atoms with Crippen molar-refractivity contribution in [1.82, 2.24) is 4.90 Å². The van der Waals surface area contributed by atoms with Gasteiger partial charge in [0.1, 0.15) is 6.61 Å². The highest BCUT2D eigenvalue weighted by molar-refractivity contribution is 5.96. The molecule has 0 spiro atoms. The van der Waals surface area contributed by atoms with Crippen molar-refractivity contribution in [3.8, 4) is 11.8 Å². The molecule has 2 rings (SSSR count). The molecule has 1 aliphatic rings. The molecule has 1 aliphatic carbocycles. The summed E-state index contributed by atoms with van der Waals surface area (Å²) in [5.74, 6) is 6.24. The van der Waals surface area contributed by atoms with E-state index < -0.39 is 0 Å². The summed E-state index contributed by atoms with van der Waals surface area (Å²) in [6, 6.07) is 5.68. The number of hydrogen-bond acceptors (Lipinski definition) is 2. The molecule has 1 fully saturated rings. The average molecular weight is 271 g/mol. The summed E-state index contributed by atoms with van der Waals surface area (Å²) in [5.41, 5.74) is 2.41. The zero-order valence-electron chi connectivity index (χ0n) is 12.1. The number of carbonyl (C=O) groups is 1. The third-order valence-electron chi connectivity index (χ3n) is 3.55. The number of aliphatic hydroxyl groups is 1. The Balaban J connectivity index is 2.26. The summed E-state index contributed by atoms with van der Waals surface area (Å²) >= 11 is 0. The fourth-order valence-electron chi connectivity index (χ4n) is 2.22. The Hall–Kier alpha value is -1.79. The van der Waals surface area contributed by atoms with Crippen molar-refractivity contribution < 1.29 is 9.90 Å². The monoisotopic (exact) mass is 271 g/mol. The van der Waals surface area contributed by atoms with Gasteiger partial charge in [-0.05, 0) is 50.3 Å². The lowest BCUT2D eigenvalue weighted by Gasteiger charge is -2.21. The van der Waals surface area contributed by atoms with E-state index in [1.807, 2.05) is 36.9 Å². The Bertz CT molecular complexity index is 550. The summed E-state index contributed by atoms with van der Waals surface area (Å²) in [6.07, 6.45) is 2.46. The van der Waals surface area contributed by atoms with Crippen LogP contribution >= 0.6 is 0 Å². The molecule has 1 N–H and O–H groups in total. The van der Waals surface area contributed by atoms with E-state index in [1.165, 1.54) is 12.8 Å². The first kappa shape index (κ1) is 14.6. The van der Waals surface area contributed by atoms with E-state index in [-0.39, 0.29) is 12.5 Å². The zero-order valence-corrected chi connectivity index (χ0v) is 12.1. The first-order valence-electron chi connectivity index (χ1n) is 7.15. The van der Waals surface area contributed by atoms with Gasteiger partial charge in [0.2, 0.25) is 0 Å². The van der Waals surface area contributed by atoms with Gasteiger partial charge in [-0.1, -0.05) is 17.9 Å². The highest BCUT2D eigenvalue weighted by Gasteiger charge is 2.27. The van der Waals surface area contributed by atoms with Crippen LogP contribution in [0.3, 0.4) is 0 Å². The molecule has 1 aromatic carbocycles. The summed E-state index contributed by atoms with van der Waals surface area (Å²) in [5, 5.41) is 8.84. The largest absolute Gasteiger partial charge is 0.384 e. The van der Waals surface area contributed by atoms with Crippen LogP contribution < -0.4 is 0 Å². The highest BCUT2D eigenvalue weighted by atomic mass is 16.2. The van der Waals surface area contributed by atoms with E-state index in [2.05, 4.69) is 11.8 Å². The number of aryl methyl sites for hydroxylation is 1. The Morgan fingerprint density at radius 2 is 2.20 bits per heavy atom. The molecular formula is C17H21NO2. The Morgan fingerprint density at radius 1 is 1.45 bits per heavy atom. The van der Waals surface area contributed by atoms with E-state index >= 15 is 0 Å². The van der Waals surface area contributed by atoms with Crippen LogP contribution in [0.5, 0.6) is 0 Å². The predicted octanol–water partition coefficient (Wildman–Crippen LogP) is 2.21. The second kappa shape index (κ2) is 6.58. The summed E-state index contributed by atoms with van der Waals surface area (Å²) in [7, 11) is 0. The van der Waals surface area contributed by atoms with Crippen molar-refractivity contribution in [2.45, 2.75) is 26.7 Å². The smallest absolute Gasteiger partial charge is 0.255 e. The van der Waals surface area contributed by atoms with Gasteiger partial charge in [0.15, 0.2) is 0 Å². The van der Waals surface area contributed by atoms with E-state index in [9.17, 15) is 4.79 Å². The maximum Gasteiger partial charge on any atom is 0.255 e. The van der Waals surface area contributed by atoms with Crippen LogP contribution in [0.15, 0.2) is 18.2 Å². The van der Waals surface area contributed by atoms with Gasteiger partial charge in [0.05, 0.1) is 5.56 Å². The number of hydrogen-bond donors (Lipinski definition) is 1. The van der Waals surface area contributed by atoms with E-state index in [0.717, 1.165) is 18.7 Å². The fraction of sp³-hybridized carbons (Fsp3) is 0.471. The Morgan fingerprint density at radius 3 is 2.80 bits per heavy atom. The van der Waals surface area contributed by atoms with Crippen molar-refractivity contribution in [2.24, 2.45) is 5.92 Å². The minimum Gasteiger partial charge on any atom is -0.384 e. The van der Waals surface area contributed by atoms with E-state index in [0.29, 0.717) is 17.0 Å². The van der Waals surface area contributed by atoms with Gasteiger partial charge in [-0.3, -0.25) is 4.79 Å². The lowest BCUT2D eigenvalue weighted by atomic mass is 10.0. The maximum absolute atomic E-state index is 12.6. The Labute approximate surface area is 120 Å². The van der Waals surface area contributed by atoms with Crippen LogP contribution in [0.2, 0.25) is 0 Å². The lowest BCUT2D eigenvalue weighted by molar-refractivity contribution is 0.0756. The normalized spacial score (nSPS) is 13.6. The molecule has 1 aromatic rings. The number of rotatable bonds is 4. The van der Waals surface area contributed by atoms with Gasteiger partial charge < -0.3 is 10.0 Å². The average Bonchev–Trinajstić information content (AvgIpc) is 3.26. The van der Waals surface area contributed by atoms with Gasteiger partial charge in [-0.15, -0.1) is 0 Å². The van der Waals surface area contributed by atoms with Gasteiger partial charge in [-0.25, -0.2) is 0 Å². The molecule has 3 nitrogen and oxygen atoms in total. The summed E-state index contributed by atoms with van der Waals surface area (Å²) in [6.45, 7) is 5.35. The third-order valence-corrected chi connectivity index (χ3v) is 3.55. The molecule has 0 saturated heterocycles. The molecule has 0 radical (unpaired) electrons. The molecule has 20 heavy (non-hydrogen) atoms. The first-order chi connectivity index (χ1) is 9.65. The molecule has 0 bridgehead atoms. The van der Waals surface area contributed by atoms with Crippen molar-refractivity contribution >= 4 is 5.91 Å². The molecule has 0 aliphatic heterocycles. The van der Waals surface area contributed by atoms with Crippen LogP contribution in [-0.4, -0.2) is 35.6 Å². The molecule has 1 saturated carbocycles. The highest BCUT2D eigenvalue weighted by Crippen LogP contribution is 2.30. The van der Waals surface area contributed by atoms with Crippen LogP contribution in [0.1, 0.15) is 41.3 Å². The molecule has 0 unspecified atom stereocenters. The molecule has 0 aromatic heterocycles. The minimum atomic E-state index is -0.193. The second-order valence-electron chi connectivity index (χ2n) is 5.30. The predicted molar refractivity (Wildman–Crippen MR) is 79.4 cm³/mol. The summed E-state index contributed by atoms with van der Waals surface area (Å²) in [4.78, 5) is 14.5. The number of benzene rings is 1. The standard InChI is InChI=1S/C17H21NO2/c1-3-18(12-14-7-8-14)17(20)16-9-6-13(2)11-15(16)5-4-10-19/h6,9,11,14,19H,3,7-8,10,12H2,1-2H3. The fourth-order valence-corrected chi connectivity index (χ4v) is 2.22. The van der Waals surface area contributed by atoms with Crippen LogP contribution in [0.4, 0.5) is 0 Å². The topological polar surface area (TPSA) is 40.5 Å². The van der Waals surface area contributed by atoms with Crippen molar-refractivity contribution in [3.05, 3.63) is 34.9 Å². The van der Waals surface area contributed by atoms with E-state index in [4.69, 9.17) is 5.11 Å². The van der Waals surface area contributed by atoms with Crippen LogP contribution in [0, 0.1) is 24.7 Å². The number of carbonyl (C=O) groups excluding carboxylic acids is 1. The first-order valence-corrected chi connectivity index (χ1v) is 7.15. The lowest BCUT2D eigenvalue weighted by Crippen LogP contribution is -2.33. The minimum absolute atomic E-state index is 0.0432. The van der Waals surface area contributed by atoms with Crippen molar-refractivity contribution in [3.63, 3.8) is 0 Å². The van der Waals surface area contributed by atoms with Gasteiger partial charge in [0, 0.05) is 18.7 Å². The SMILES string of the molecule is CCN(CC1CC1)C(=O)c1ccc(C)cc1C#CCO. The number of nitrogens with zero attached hydrogens (tertiary/aromatic N) is 1. The molecule has 0 heterocycles. The van der Waals surface area contributed by atoms with Crippen LogP contribution in [-0.2, 0) is 0 Å². The molecule has 1 amide bonds. The number of aliphatic hydroxyl groups excluding tert-OH is 1. The second-order valence-corrected chi connectivity index (χ2v) is 5.30.